The highest BCUT2D eigenvalue weighted by Gasteiger charge is 2.14. The molecule has 0 aliphatic carbocycles. The minimum atomic E-state index is -1.07. The van der Waals surface area contributed by atoms with Crippen LogP contribution in [0.15, 0.2) is 42.5 Å². The molecule has 0 aromatic heterocycles. The number of benzene rings is 2. The maximum atomic E-state index is 12.4. The van der Waals surface area contributed by atoms with E-state index in [1.165, 1.54) is 6.07 Å². The molecule has 2 rings (SSSR count). The van der Waals surface area contributed by atoms with Crippen LogP contribution in [0.1, 0.15) is 35.3 Å². The van der Waals surface area contributed by atoms with Gasteiger partial charge in [0.2, 0.25) is 11.8 Å². The van der Waals surface area contributed by atoms with Gasteiger partial charge in [-0.1, -0.05) is 38.1 Å². The molecule has 2 amide bonds. The summed E-state index contributed by atoms with van der Waals surface area (Å²) in [7, 11) is 0. The average molecular weight is 354 g/mol. The van der Waals surface area contributed by atoms with Crippen molar-refractivity contribution < 1.29 is 19.5 Å². The lowest BCUT2D eigenvalue weighted by Crippen LogP contribution is -2.19. The molecule has 6 heteroatoms. The number of anilines is 2. The lowest BCUT2D eigenvalue weighted by molar-refractivity contribution is -0.119. The summed E-state index contributed by atoms with van der Waals surface area (Å²) in [4.78, 5) is 35.4. The minimum Gasteiger partial charge on any atom is -0.478 e. The lowest BCUT2D eigenvalue weighted by Gasteiger charge is -2.13. The number of aryl methyl sites for hydroxylation is 1. The number of carboxylic acid groups (broad SMARTS) is 1. The van der Waals surface area contributed by atoms with E-state index in [4.69, 9.17) is 0 Å². The van der Waals surface area contributed by atoms with E-state index in [1.807, 2.05) is 6.92 Å². The Hall–Kier alpha value is -3.15. The van der Waals surface area contributed by atoms with Crippen LogP contribution in [0.3, 0.4) is 0 Å². The molecule has 6 nitrogen and oxygen atoms in total. The monoisotopic (exact) mass is 354 g/mol. The molecule has 0 atom stereocenters. The van der Waals surface area contributed by atoms with E-state index < -0.39 is 5.97 Å². The van der Waals surface area contributed by atoms with Gasteiger partial charge in [-0.2, -0.15) is 0 Å². The lowest BCUT2D eigenvalue weighted by atomic mass is 10.0. The van der Waals surface area contributed by atoms with Crippen molar-refractivity contribution in [3.63, 3.8) is 0 Å². The minimum absolute atomic E-state index is 0.0511. The third-order valence-electron chi connectivity index (χ3n) is 3.90. The Morgan fingerprint density at radius 1 is 1.04 bits per heavy atom. The molecular formula is C20H22N2O4. The summed E-state index contributed by atoms with van der Waals surface area (Å²) in [5.41, 5.74) is 2.56. The van der Waals surface area contributed by atoms with Crippen LogP contribution < -0.4 is 10.6 Å². The van der Waals surface area contributed by atoms with Crippen LogP contribution in [0.5, 0.6) is 0 Å². The number of hydrogen-bond acceptors (Lipinski definition) is 3. The predicted molar refractivity (Wildman–Crippen MR) is 100 cm³/mol. The number of amides is 2. The number of nitrogens with one attached hydrogen (secondary N) is 2. The van der Waals surface area contributed by atoms with Gasteiger partial charge in [0.15, 0.2) is 0 Å². The number of carboxylic acids is 1. The molecular weight excluding hydrogens is 332 g/mol. The number of rotatable bonds is 6. The van der Waals surface area contributed by atoms with E-state index in [-0.39, 0.29) is 29.7 Å². The molecule has 0 unspecified atom stereocenters. The van der Waals surface area contributed by atoms with Gasteiger partial charge in [-0.05, 0) is 36.2 Å². The third-order valence-corrected chi connectivity index (χ3v) is 3.90. The summed E-state index contributed by atoms with van der Waals surface area (Å²) in [5.74, 6) is -1.65. The van der Waals surface area contributed by atoms with Crippen LogP contribution in [0.4, 0.5) is 11.4 Å². The first-order valence-corrected chi connectivity index (χ1v) is 8.30. The molecule has 0 radical (unpaired) electrons. The van der Waals surface area contributed by atoms with Crippen molar-refractivity contribution in [1.82, 2.24) is 0 Å². The van der Waals surface area contributed by atoms with Gasteiger partial charge in [-0.15, -0.1) is 0 Å². The molecule has 26 heavy (non-hydrogen) atoms. The van der Waals surface area contributed by atoms with Crippen molar-refractivity contribution in [2.24, 2.45) is 5.92 Å². The predicted octanol–water partition coefficient (Wildman–Crippen LogP) is 3.47. The molecule has 0 aliphatic heterocycles. The normalized spacial score (nSPS) is 10.5. The second-order valence-corrected chi connectivity index (χ2v) is 6.36. The quantitative estimate of drug-likeness (QED) is 0.740. The number of aromatic carboxylic acids is 1. The fourth-order valence-electron chi connectivity index (χ4n) is 2.37. The van der Waals surface area contributed by atoms with Crippen molar-refractivity contribution in [1.29, 1.82) is 0 Å². The van der Waals surface area contributed by atoms with E-state index >= 15 is 0 Å². The molecule has 0 fully saturated rings. The number of carbonyl (C=O) groups is 3. The summed E-state index contributed by atoms with van der Waals surface area (Å²) in [6.45, 7) is 5.44. The maximum Gasteiger partial charge on any atom is 0.335 e. The van der Waals surface area contributed by atoms with E-state index in [0.29, 0.717) is 16.9 Å². The second kappa shape index (κ2) is 8.29. The van der Waals surface area contributed by atoms with Crippen LogP contribution in [-0.4, -0.2) is 22.9 Å². The van der Waals surface area contributed by atoms with Crippen LogP contribution in [0.2, 0.25) is 0 Å². The van der Waals surface area contributed by atoms with Crippen molar-refractivity contribution >= 4 is 29.2 Å². The summed E-state index contributed by atoms with van der Waals surface area (Å²) >= 11 is 0. The summed E-state index contributed by atoms with van der Waals surface area (Å²) in [6, 6.07) is 11.7. The molecule has 0 saturated carbocycles. The van der Waals surface area contributed by atoms with E-state index in [0.717, 1.165) is 5.56 Å². The molecule has 0 heterocycles. The standard InChI is InChI=1S/C20H22N2O4/c1-12(2)19(24)21-15-9-8-13(3)17(11-15)22-18(23)10-14-6-4-5-7-16(14)20(25)26/h4-9,11-12H,10H2,1-3H3,(H,21,24)(H,22,23)(H,25,26). The molecule has 2 aromatic rings. The Labute approximate surface area is 152 Å². The largest absolute Gasteiger partial charge is 0.478 e. The zero-order chi connectivity index (χ0) is 19.3. The molecule has 2 aromatic carbocycles. The third kappa shape index (κ3) is 4.92. The molecule has 3 N–H and O–H groups in total. The molecule has 0 saturated heterocycles. The fraction of sp³-hybridized carbons (Fsp3) is 0.250. The average Bonchev–Trinajstić information content (AvgIpc) is 2.58. The highest BCUT2D eigenvalue weighted by atomic mass is 16.4. The SMILES string of the molecule is Cc1ccc(NC(=O)C(C)C)cc1NC(=O)Cc1ccccc1C(=O)O. The smallest absolute Gasteiger partial charge is 0.335 e. The van der Waals surface area contributed by atoms with Gasteiger partial charge in [0.05, 0.1) is 12.0 Å². The summed E-state index contributed by atoms with van der Waals surface area (Å²) in [5, 5.41) is 14.8. The van der Waals surface area contributed by atoms with Gasteiger partial charge in [-0.3, -0.25) is 9.59 Å². The topological polar surface area (TPSA) is 95.5 Å². The Bertz CT molecular complexity index is 843. The van der Waals surface area contributed by atoms with Crippen LogP contribution in [0, 0.1) is 12.8 Å². The van der Waals surface area contributed by atoms with Gasteiger partial charge >= 0.3 is 5.97 Å². The Morgan fingerprint density at radius 3 is 2.38 bits per heavy atom. The first-order valence-electron chi connectivity index (χ1n) is 8.30. The number of hydrogen-bond donors (Lipinski definition) is 3. The van der Waals surface area contributed by atoms with Crippen LogP contribution in [0.25, 0.3) is 0 Å². The summed E-state index contributed by atoms with van der Waals surface area (Å²) < 4.78 is 0. The van der Waals surface area contributed by atoms with Gasteiger partial charge < -0.3 is 15.7 Å². The van der Waals surface area contributed by atoms with Crippen molar-refractivity contribution in [3.05, 3.63) is 59.2 Å². The molecule has 0 spiro atoms. The van der Waals surface area contributed by atoms with Gasteiger partial charge in [-0.25, -0.2) is 4.79 Å². The van der Waals surface area contributed by atoms with Gasteiger partial charge in [0.1, 0.15) is 0 Å². The second-order valence-electron chi connectivity index (χ2n) is 6.36. The van der Waals surface area contributed by atoms with E-state index in [2.05, 4.69) is 10.6 Å². The zero-order valence-electron chi connectivity index (χ0n) is 15.0. The first-order chi connectivity index (χ1) is 12.3. The Balaban J connectivity index is 2.14. The van der Waals surface area contributed by atoms with Crippen molar-refractivity contribution in [3.8, 4) is 0 Å². The molecule has 0 bridgehead atoms. The Morgan fingerprint density at radius 2 is 1.73 bits per heavy atom. The Kier molecular flexibility index (Phi) is 6.11. The highest BCUT2D eigenvalue weighted by Crippen LogP contribution is 2.21. The van der Waals surface area contributed by atoms with Crippen molar-refractivity contribution in [2.45, 2.75) is 27.2 Å². The van der Waals surface area contributed by atoms with E-state index in [1.54, 1.807) is 50.2 Å². The van der Waals surface area contributed by atoms with Gasteiger partial charge in [0.25, 0.3) is 0 Å². The molecule has 0 aliphatic rings. The first kappa shape index (κ1) is 19.2. The van der Waals surface area contributed by atoms with Crippen molar-refractivity contribution in [2.75, 3.05) is 10.6 Å². The zero-order valence-corrected chi connectivity index (χ0v) is 15.0. The number of carbonyl (C=O) groups excluding carboxylic acids is 2. The van der Waals surface area contributed by atoms with E-state index in [9.17, 15) is 19.5 Å². The molecule has 136 valence electrons. The maximum absolute atomic E-state index is 12.4. The highest BCUT2D eigenvalue weighted by molar-refractivity contribution is 5.97. The fourth-order valence-corrected chi connectivity index (χ4v) is 2.37. The van der Waals surface area contributed by atoms with Gasteiger partial charge in [0, 0.05) is 17.3 Å². The summed E-state index contributed by atoms with van der Waals surface area (Å²) in [6.07, 6.45) is -0.0511. The van der Waals surface area contributed by atoms with Crippen LogP contribution >= 0.6 is 0 Å². The van der Waals surface area contributed by atoms with Crippen LogP contribution in [-0.2, 0) is 16.0 Å².